The SMILES string of the molecule is c1cc(-c2ccc(-c3ccc(-c4cnc5c6ccccc6c6ccccc6c5n4)cc3)cc2)cc(-c2ccc3sc4ccccc4c3c2)c1. The lowest BCUT2D eigenvalue weighted by atomic mass is 9.96. The average molecular weight is 641 g/mol. The van der Waals surface area contributed by atoms with Gasteiger partial charge in [-0.2, -0.15) is 0 Å². The lowest BCUT2D eigenvalue weighted by molar-refractivity contribution is 1.31. The molecule has 0 amide bonds. The van der Waals surface area contributed by atoms with Crippen molar-refractivity contribution in [2.45, 2.75) is 0 Å². The highest BCUT2D eigenvalue weighted by atomic mass is 32.1. The maximum atomic E-state index is 5.16. The van der Waals surface area contributed by atoms with Crippen molar-refractivity contribution in [2.24, 2.45) is 0 Å². The van der Waals surface area contributed by atoms with Crippen LogP contribution in [0.2, 0.25) is 0 Å². The van der Waals surface area contributed by atoms with E-state index in [2.05, 4.69) is 164 Å². The zero-order valence-electron chi connectivity index (χ0n) is 26.5. The first-order chi connectivity index (χ1) is 24.3. The highest BCUT2D eigenvalue weighted by Crippen LogP contribution is 2.38. The largest absolute Gasteiger partial charge is 0.252 e. The smallest absolute Gasteiger partial charge is 0.0979 e. The molecule has 0 radical (unpaired) electrons. The molecule has 0 aliphatic heterocycles. The van der Waals surface area contributed by atoms with E-state index in [1.807, 2.05) is 17.5 Å². The predicted molar refractivity (Wildman–Crippen MR) is 209 cm³/mol. The highest BCUT2D eigenvalue weighted by Gasteiger charge is 2.13. The minimum Gasteiger partial charge on any atom is -0.252 e. The van der Waals surface area contributed by atoms with E-state index in [0.717, 1.165) is 33.1 Å². The van der Waals surface area contributed by atoms with Gasteiger partial charge in [0.2, 0.25) is 0 Å². The number of aromatic nitrogens is 2. The molecule has 8 aromatic carbocycles. The van der Waals surface area contributed by atoms with E-state index < -0.39 is 0 Å². The van der Waals surface area contributed by atoms with Crippen molar-refractivity contribution in [3.05, 3.63) is 170 Å². The van der Waals surface area contributed by atoms with E-state index in [-0.39, 0.29) is 0 Å². The van der Waals surface area contributed by atoms with Gasteiger partial charge in [-0.05, 0) is 68.4 Å². The van der Waals surface area contributed by atoms with Gasteiger partial charge in [0.05, 0.1) is 22.9 Å². The van der Waals surface area contributed by atoms with Crippen LogP contribution in [-0.4, -0.2) is 9.97 Å². The normalized spacial score (nSPS) is 11.7. The first kappa shape index (κ1) is 27.9. The fourth-order valence-corrected chi connectivity index (χ4v) is 8.32. The van der Waals surface area contributed by atoms with E-state index in [4.69, 9.17) is 9.97 Å². The van der Waals surface area contributed by atoms with Gasteiger partial charge in [0, 0.05) is 36.5 Å². The van der Waals surface area contributed by atoms with Gasteiger partial charge in [0.15, 0.2) is 0 Å². The van der Waals surface area contributed by atoms with E-state index in [9.17, 15) is 0 Å². The minimum atomic E-state index is 0.876. The van der Waals surface area contributed by atoms with Crippen molar-refractivity contribution in [3.8, 4) is 44.6 Å². The van der Waals surface area contributed by atoms with E-state index >= 15 is 0 Å². The van der Waals surface area contributed by atoms with Crippen LogP contribution in [0.5, 0.6) is 0 Å². The maximum Gasteiger partial charge on any atom is 0.0979 e. The molecule has 10 aromatic rings. The topological polar surface area (TPSA) is 25.8 Å². The molecule has 0 aliphatic rings. The monoisotopic (exact) mass is 640 g/mol. The molecule has 10 rings (SSSR count). The third-order valence-electron chi connectivity index (χ3n) is 9.73. The Balaban J connectivity index is 0.943. The van der Waals surface area contributed by atoms with Gasteiger partial charge in [-0.15, -0.1) is 11.3 Å². The van der Waals surface area contributed by atoms with Crippen LogP contribution < -0.4 is 0 Å². The van der Waals surface area contributed by atoms with Crippen molar-refractivity contribution >= 4 is 64.1 Å². The van der Waals surface area contributed by atoms with Gasteiger partial charge >= 0.3 is 0 Å². The van der Waals surface area contributed by atoms with Crippen molar-refractivity contribution in [3.63, 3.8) is 0 Å². The van der Waals surface area contributed by atoms with Crippen LogP contribution in [0, 0.1) is 0 Å². The molecule has 0 saturated heterocycles. The summed E-state index contributed by atoms with van der Waals surface area (Å²) in [4.78, 5) is 10.1. The summed E-state index contributed by atoms with van der Waals surface area (Å²) in [6.45, 7) is 0. The molecular formula is C46H28N2S. The molecule has 2 aromatic heterocycles. The maximum absolute atomic E-state index is 5.16. The number of hydrogen-bond acceptors (Lipinski definition) is 3. The molecule has 2 heterocycles. The molecule has 0 atom stereocenters. The lowest BCUT2D eigenvalue weighted by Crippen LogP contribution is -1.92. The van der Waals surface area contributed by atoms with Gasteiger partial charge in [-0.3, -0.25) is 4.98 Å². The highest BCUT2D eigenvalue weighted by molar-refractivity contribution is 7.25. The van der Waals surface area contributed by atoms with Gasteiger partial charge in [0.1, 0.15) is 0 Å². The second-order valence-electron chi connectivity index (χ2n) is 12.6. The molecule has 3 heteroatoms. The molecule has 0 fully saturated rings. The molecule has 0 saturated carbocycles. The predicted octanol–water partition coefficient (Wildman–Crippen LogP) is 13.0. The Kier molecular flexibility index (Phi) is 6.39. The Morgan fingerprint density at radius 1 is 0.327 bits per heavy atom. The second-order valence-corrected chi connectivity index (χ2v) is 13.7. The number of thiophene rings is 1. The Bertz CT molecular complexity index is 2830. The molecule has 49 heavy (non-hydrogen) atoms. The third-order valence-corrected chi connectivity index (χ3v) is 10.9. The summed E-state index contributed by atoms with van der Waals surface area (Å²) in [6.07, 6.45) is 1.90. The zero-order chi connectivity index (χ0) is 32.3. The molecular weight excluding hydrogens is 613 g/mol. The van der Waals surface area contributed by atoms with Gasteiger partial charge in [-0.25, -0.2) is 4.98 Å². The van der Waals surface area contributed by atoms with Crippen molar-refractivity contribution in [1.29, 1.82) is 0 Å². The van der Waals surface area contributed by atoms with Crippen LogP contribution >= 0.6 is 11.3 Å². The van der Waals surface area contributed by atoms with Crippen LogP contribution in [-0.2, 0) is 0 Å². The quantitative estimate of drug-likeness (QED) is 0.179. The number of benzene rings is 8. The average Bonchev–Trinajstić information content (AvgIpc) is 3.56. The van der Waals surface area contributed by atoms with Crippen molar-refractivity contribution < 1.29 is 0 Å². The molecule has 2 nitrogen and oxygen atoms in total. The van der Waals surface area contributed by atoms with Gasteiger partial charge < -0.3 is 0 Å². The van der Waals surface area contributed by atoms with E-state index in [1.165, 1.54) is 64.3 Å². The van der Waals surface area contributed by atoms with Crippen LogP contribution in [0.4, 0.5) is 0 Å². The van der Waals surface area contributed by atoms with E-state index in [0.29, 0.717) is 0 Å². The fourth-order valence-electron chi connectivity index (χ4n) is 7.23. The number of rotatable bonds is 4. The van der Waals surface area contributed by atoms with E-state index in [1.54, 1.807) is 0 Å². The third kappa shape index (κ3) is 4.70. The minimum absolute atomic E-state index is 0.876. The Morgan fingerprint density at radius 2 is 0.816 bits per heavy atom. The van der Waals surface area contributed by atoms with Crippen LogP contribution in [0.25, 0.3) is 97.4 Å². The van der Waals surface area contributed by atoms with Crippen molar-refractivity contribution in [1.82, 2.24) is 9.97 Å². The Labute approximate surface area is 287 Å². The molecule has 228 valence electrons. The molecule has 0 bridgehead atoms. The summed E-state index contributed by atoms with van der Waals surface area (Å²) in [7, 11) is 0. The number of fused-ring (bicyclic) bond motifs is 9. The Morgan fingerprint density at radius 3 is 1.51 bits per heavy atom. The van der Waals surface area contributed by atoms with Crippen LogP contribution in [0.1, 0.15) is 0 Å². The molecule has 0 N–H and O–H groups in total. The first-order valence-corrected chi connectivity index (χ1v) is 17.4. The standard InChI is InChI=1S/C46H28N2S/c1-3-13-39-36(10-1)37-11-2-4-14-40(37)46-45(39)47-28-42(48-46)32-22-20-30(21-23-32)29-16-18-31(19-17-29)33-8-7-9-34(26-33)35-24-25-44-41(27-35)38-12-5-6-15-43(38)49-44/h1-28H. The zero-order valence-corrected chi connectivity index (χ0v) is 27.3. The summed E-state index contributed by atoms with van der Waals surface area (Å²) >= 11 is 1.86. The summed E-state index contributed by atoms with van der Waals surface area (Å²) in [5, 5.41) is 7.33. The summed E-state index contributed by atoms with van der Waals surface area (Å²) < 4.78 is 2.67. The number of nitrogens with zero attached hydrogens (tertiary/aromatic N) is 2. The summed E-state index contributed by atoms with van der Waals surface area (Å²) in [5.41, 5.74) is 11.1. The second kappa shape index (κ2) is 11.2. The summed E-state index contributed by atoms with van der Waals surface area (Å²) in [5.74, 6) is 0. The molecule has 0 unspecified atom stereocenters. The first-order valence-electron chi connectivity index (χ1n) is 16.6. The van der Waals surface area contributed by atoms with Crippen LogP contribution in [0.15, 0.2) is 170 Å². The van der Waals surface area contributed by atoms with Gasteiger partial charge in [0.25, 0.3) is 0 Å². The van der Waals surface area contributed by atoms with Crippen LogP contribution in [0.3, 0.4) is 0 Å². The fraction of sp³-hybridized carbons (Fsp3) is 0. The van der Waals surface area contributed by atoms with Crippen molar-refractivity contribution in [2.75, 3.05) is 0 Å². The molecule has 0 aliphatic carbocycles. The number of hydrogen-bond donors (Lipinski definition) is 0. The molecule has 0 spiro atoms. The Hall–Kier alpha value is -6.16. The lowest BCUT2D eigenvalue weighted by Gasteiger charge is -2.11. The summed E-state index contributed by atoms with van der Waals surface area (Å²) in [6, 6.07) is 58.9. The van der Waals surface area contributed by atoms with Gasteiger partial charge in [-0.1, -0.05) is 140 Å².